The lowest BCUT2D eigenvalue weighted by atomic mass is 10.2. The molecule has 26 heavy (non-hydrogen) atoms. The Balaban J connectivity index is 1.50. The van der Waals surface area contributed by atoms with E-state index in [0.717, 1.165) is 37.1 Å². The van der Waals surface area contributed by atoms with E-state index in [1.54, 1.807) is 18.6 Å². The Kier molecular flexibility index (Phi) is 4.45. The second-order valence-corrected chi connectivity index (χ2v) is 6.40. The number of fused-ring (bicyclic) bond motifs is 1. The van der Waals surface area contributed by atoms with Gasteiger partial charge in [-0.25, -0.2) is 9.97 Å². The van der Waals surface area contributed by atoms with Gasteiger partial charge in [0, 0.05) is 50.2 Å². The average molecular weight is 348 g/mol. The van der Waals surface area contributed by atoms with Crippen molar-refractivity contribution in [3.05, 3.63) is 54.5 Å². The van der Waals surface area contributed by atoms with Crippen LogP contribution in [-0.2, 0) is 0 Å². The van der Waals surface area contributed by atoms with Gasteiger partial charge in [-0.1, -0.05) is 18.2 Å². The number of hydrogen-bond acceptors (Lipinski definition) is 6. The summed E-state index contributed by atoms with van der Waals surface area (Å²) in [7, 11) is 2.10. The van der Waals surface area contributed by atoms with E-state index < -0.39 is 0 Å². The SMILES string of the molecule is CN1CCN(c2ncc(C(=O)Nc3cccc4cccnc34)cn2)CC1. The number of piperazine rings is 1. The highest BCUT2D eigenvalue weighted by molar-refractivity contribution is 6.08. The number of pyridine rings is 1. The summed E-state index contributed by atoms with van der Waals surface area (Å²) in [5.41, 5.74) is 1.87. The van der Waals surface area contributed by atoms with Crippen LogP contribution in [0.5, 0.6) is 0 Å². The molecule has 132 valence electrons. The second kappa shape index (κ2) is 7.05. The van der Waals surface area contributed by atoms with E-state index in [1.807, 2.05) is 30.3 Å². The van der Waals surface area contributed by atoms with Gasteiger partial charge in [0.1, 0.15) is 0 Å². The first kappa shape index (κ1) is 16.4. The molecule has 1 fully saturated rings. The smallest absolute Gasteiger partial charge is 0.258 e. The summed E-state index contributed by atoms with van der Waals surface area (Å²) in [5, 5.41) is 3.88. The lowest BCUT2D eigenvalue weighted by molar-refractivity contribution is 0.102. The lowest BCUT2D eigenvalue weighted by Gasteiger charge is -2.32. The molecule has 7 nitrogen and oxygen atoms in total. The van der Waals surface area contributed by atoms with E-state index >= 15 is 0 Å². The Morgan fingerprint density at radius 3 is 2.50 bits per heavy atom. The normalized spacial score (nSPS) is 15.2. The van der Waals surface area contributed by atoms with Crippen LogP contribution in [0, 0.1) is 0 Å². The van der Waals surface area contributed by atoms with Gasteiger partial charge in [-0.05, 0) is 19.2 Å². The van der Waals surface area contributed by atoms with Gasteiger partial charge in [-0.3, -0.25) is 9.78 Å². The summed E-state index contributed by atoms with van der Waals surface area (Å²) in [5.74, 6) is 0.426. The van der Waals surface area contributed by atoms with E-state index in [2.05, 4.69) is 37.1 Å². The van der Waals surface area contributed by atoms with Crippen LogP contribution in [0.2, 0.25) is 0 Å². The summed E-state index contributed by atoms with van der Waals surface area (Å²) in [6, 6.07) is 9.54. The third-order valence-electron chi connectivity index (χ3n) is 4.57. The quantitative estimate of drug-likeness (QED) is 0.781. The van der Waals surface area contributed by atoms with Gasteiger partial charge in [-0.15, -0.1) is 0 Å². The molecule has 4 rings (SSSR count). The molecule has 2 aromatic heterocycles. The molecular formula is C19H20N6O. The molecule has 0 atom stereocenters. The number of carbonyl (C=O) groups excluding carboxylic acids is 1. The minimum Gasteiger partial charge on any atom is -0.338 e. The van der Waals surface area contributed by atoms with Crippen molar-refractivity contribution in [3.63, 3.8) is 0 Å². The van der Waals surface area contributed by atoms with Crippen molar-refractivity contribution in [2.45, 2.75) is 0 Å². The Labute approximate surface area is 151 Å². The van der Waals surface area contributed by atoms with Crippen molar-refractivity contribution in [2.24, 2.45) is 0 Å². The Morgan fingerprint density at radius 2 is 1.73 bits per heavy atom. The number of aromatic nitrogens is 3. The largest absolute Gasteiger partial charge is 0.338 e. The minimum atomic E-state index is -0.243. The number of likely N-dealkylation sites (N-methyl/N-ethyl adjacent to an activating group) is 1. The van der Waals surface area contributed by atoms with E-state index in [4.69, 9.17) is 0 Å². The van der Waals surface area contributed by atoms with Gasteiger partial charge in [0.2, 0.25) is 5.95 Å². The molecule has 3 aromatic rings. The molecule has 0 saturated carbocycles. The van der Waals surface area contributed by atoms with Crippen LogP contribution < -0.4 is 10.2 Å². The Morgan fingerprint density at radius 1 is 1.00 bits per heavy atom. The molecule has 0 radical (unpaired) electrons. The zero-order valence-electron chi connectivity index (χ0n) is 14.6. The van der Waals surface area contributed by atoms with Crippen LogP contribution in [0.3, 0.4) is 0 Å². The molecule has 0 bridgehead atoms. The summed E-state index contributed by atoms with van der Waals surface area (Å²) in [6.07, 6.45) is 4.87. The van der Waals surface area contributed by atoms with Crippen LogP contribution in [0.25, 0.3) is 10.9 Å². The number of nitrogens with zero attached hydrogens (tertiary/aromatic N) is 5. The fourth-order valence-electron chi connectivity index (χ4n) is 3.01. The van der Waals surface area contributed by atoms with Gasteiger partial charge < -0.3 is 15.1 Å². The number of carbonyl (C=O) groups is 1. The molecule has 1 N–H and O–H groups in total. The van der Waals surface area contributed by atoms with Crippen LogP contribution >= 0.6 is 0 Å². The van der Waals surface area contributed by atoms with E-state index in [0.29, 0.717) is 17.2 Å². The van der Waals surface area contributed by atoms with Crippen molar-refractivity contribution >= 4 is 28.4 Å². The first-order valence-electron chi connectivity index (χ1n) is 8.61. The number of hydrogen-bond donors (Lipinski definition) is 1. The molecule has 1 aliphatic rings. The van der Waals surface area contributed by atoms with Crippen LogP contribution in [0.1, 0.15) is 10.4 Å². The summed E-state index contributed by atoms with van der Waals surface area (Å²) in [4.78, 5) is 30.1. The van der Waals surface area contributed by atoms with Crippen molar-refractivity contribution < 1.29 is 4.79 Å². The van der Waals surface area contributed by atoms with Gasteiger partial charge >= 0.3 is 0 Å². The molecule has 1 aliphatic heterocycles. The highest BCUT2D eigenvalue weighted by atomic mass is 16.1. The van der Waals surface area contributed by atoms with Crippen molar-refractivity contribution in [2.75, 3.05) is 43.4 Å². The number of para-hydroxylation sites is 1. The maximum Gasteiger partial charge on any atom is 0.258 e. The maximum absolute atomic E-state index is 12.5. The van der Waals surface area contributed by atoms with Crippen LogP contribution in [-0.4, -0.2) is 59.0 Å². The van der Waals surface area contributed by atoms with E-state index in [-0.39, 0.29) is 5.91 Å². The molecule has 1 saturated heterocycles. The molecule has 1 amide bonds. The summed E-state index contributed by atoms with van der Waals surface area (Å²) >= 11 is 0. The van der Waals surface area contributed by atoms with E-state index in [1.165, 1.54) is 0 Å². The molecule has 7 heteroatoms. The summed E-state index contributed by atoms with van der Waals surface area (Å²) < 4.78 is 0. The molecule has 3 heterocycles. The third kappa shape index (κ3) is 3.34. The number of nitrogens with one attached hydrogen (secondary N) is 1. The maximum atomic E-state index is 12.5. The molecule has 1 aromatic carbocycles. The standard InChI is InChI=1S/C19H20N6O/c1-24-8-10-25(11-9-24)19-21-12-15(13-22-19)18(26)23-16-6-2-4-14-5-3-7-20-17(14)16/h2-7,12-13H,8-11H2,1H3,(H,23,26). The molecule has 0 unspecified atom stereocenters. The number of anilines is 2. The minimum absolute atomic E-state index is 0.243. The van der Waals surface area contributed by atoms with Crippen molar-refractivity contribution in [3.8, 4) is 0 Å². The average Bonchev–Trinajstić information content (AvgIpc) is 2.69. The zero-order chi connectivity index (χ0) is 17.9. The zero-order valence-corrected chi connectivity index (χ0v) is 14.6. The fraction of sp³-hybridized carbons (Fsp3) is 0.263. The third-order valence-corrected chi connectivity index (χ3v) is 4.57. The van der Waals surface area contributed by atoms with Crippen molar-refractivity contribution in [1.29, 1.82) is 0 Å². The van der Waals surface area contributed by atoms with E-state index in [9.17, 15) is 4.79 Å². The highest BCUT2D eigenvalue weighted by Gasteiger charge is 2.17. The van der Waals surface area contributed by atoms with Gasteiger partial charge in [-0.2, -0.15) is 0 Å². The lowest BCUT2D eigenvalue weighted by Crippen LogP contribution is -2.45. The van der Waals surface area contributed by atoms with Crippen LogP contribution in [0.15, 0.2) is 48.9 Å². The van der Waals surface area contributed by atoms with Crippen molar-refractivity contribution in [1.82, 2.24) is 19.9 Å². The summed E-state index contributed by atoms with van der Waals surface area (Å²) in [6.45, 7) is 3.76. The van der Waals surface area contributed by atoms with Gasteiger partial charge in [0.05, 0.1) is 16.8 Å². The number of amides is 1. The van der Waals surface area contributed by atoms with Gasteiger partial charge in [0.15, 0.2) is 0 Å². The van der Waals surface area contributed by atoms with Crippen LogP contribution in [0.4, 0.5) is 11.6 Å². The Hall–Kier alpha value is -3.06. The molecule has 0 spiro atoms. The predicted molar refractivity (Wildman–Crippen MR) is 101 cm³/mol. The predicted octanol–water partition coefficient (Wildman–Crippen LogP) is 2.03. The first-order valence-corrected chi connectivity index (χ1v) is 8.61. The fourth-order valence-corrected chi connectivity index (χ4v) is 3.01. The first-order chi connectivity index (χ1) is 12.7. The van der Waals surface area contributed by atoms with Gasteiger partial charge in [0.25, 0.3) is 5.91 Å². The number of benzene rings is 1. The highest BCUT2D eigenvalue weighted by Crippen LogP contribution is 2.21. The molecular weight excluding hydrogens is 328 g/mol. The monoisotopic (exact) mass is 348 g/mol. The topological polar surface area (TPSA) is 74.2 Å². The molecule has 0 aliphatic carbocycles. The number of rotatable bonds is 3. The Bertz CT molecular complexity index is 913. The second-order valence-electron chi connectivity index (χ2n) is 6.40.